The lowest BCUT2D eigenvalue weighted by atomic mass is 9.39. The molecule has 0 amide bonds. The van der Waals surface area contributed by atoms with Gasteiger partial charge in [0.05, 0.1) is 0 Å². The minimum Gasteiger partial charge on any atom is -0.271 e. The van der Waals surface area contributed by atoms with Gasteiger partial charge < -0.3 is 0 Å². The van der Waals surface area contributed by atoms with E-state index in [2.05, 4.69) is 19.3 Å². The first kappa shape index (κ1) is 14.5. The molecule has 5 rings (SSSR count). The molecule has 0 aromatic rings. The summed E-state index contributed by atoms with van der Waals surface area (Å²) in [6.07, 6.45) is 16.0. The number of nitrogens with two attached hydrogens (primary N) is 1. The van der Waals surface area contributed by atoms with E-state index < -0.39 is 0 Å². The van der Waals surface area contributed by atoms with Crippen molar-refractivity contribution in [1.29, 1.82) is 0 Å². The fraction of sp³-hybridized carbons (Fsp3) is 1.00. The van der Waals surface area contributed by atoms with Crippen LogP contribution in [0.25, 0.3) is 0 Å². The van der Waals surface area contributed by atoms with E-state index in [0.29, 0.717) is 22.3 Å². The highest BCUT2D eigenvalue weighted by Crippen LogP contribution is 2.70. The Morgan fingerprint density at radius 3 is 2.24 bits per heavy atom. The van der Waals surface area contributed by atoms with Crippen LogP contribution in [0.4, 0.5) is 0 Å². The summed E-state index contributed by atoms with van der Waals surface area (Å²) in [6, 6.07) is 0.564. The molecule has 5 fully saturated rings. The number of hydrazine groups is 1. The smallest absolute Gasteiger partial charge is 0.0215 e. The van der Waals surface area contributed by atoms with Crippen molar-refractivity contribution >= 4 is 0 Å². The monoisotopic (exact) mass is 290 g/mol. The quantitative estimate of drug-likeness (QED) is 0.562. The van der Waals surface area contributed by atoms with E-state index in [9.17, 15) is 0 Å². The topological polar surface area (TPSA) is 38.0 Å². The zero-order valence-electron chi connectivity index (χ0n) is 14.1. The summed E-state index contributed by atoms with van der Waals surface area (Å²) >= 11 is 0. The van der Waals surface area contributed by atoms with E-state index in [4.69, 9.17) is 5.84 Å². The SMILES string of the molecule is CC12CC3CC(C)(C1)CC(CC(CCC1CC1)NN)(C3)C2. The summed E-state index contributed by atoms with van der Waals surface area (Å²) in [7, 11) is 0. The van der Waals surface area contributed by atoms with Crippen LogP contribution in [-0.4, -0.2) is 6.04 Å². The highest BCUT2D eigenvalue weighted by atomic mass is 15.2. The van der Waals surface area contributed by atoms with Crippen LogP contribution < -0.4 is 11.3 Å². The molecule has 0 radical (unpaired) electrons. The zero-order chi connectivity index (χ0) is 14.7. The first-order chi connectivity index (χ1) is 9.92. The molecule has 0 aromatic heterocycles. The average Bonchev–Trinajstić information content (AvgIpc) is 3.13. The molecule has 5 saturated carbocycles. The van der Waals surface area contributed by atoms with Gasteiger partial charge in [0.1, 0.15) is 0 Å². The summed E-state index contributed by atoms with van der Waals surface area (Å²) < 4.78 is 0. The molecule has 0 aromatic carbocycles. The number of hydrogen-bond donors (Lipinski definition) is 2. The van der Waals surface area contributed by atoms with Gasteiger partial charge in [-0.15, -0.1) is 0 Å². The second-order valence-corrected chi connectivity index (χ2v) is 10.2. The molecule has 120 valence electrons. The van der Waals surface area contributed by atoms with Gasteiger partial charge in [-0.05, 0) is 85.9 Å². The van der Waals surface area contributed by atoms with Gasteiger partial charge in [0.2, 0.25) is 0 Å². The Bertz CT molecular complexity index is 396. The van der Waals surface area contributed by atoms with Crippen LogP contribution in [-0.2, 0) is 0 Å². The minimum absolute atomic E-state index is 0.564. The van der Waals surface area contributed by atoms with Gasteiger partial charge in [-0.2, -0.15) is 0 Å². The van der Waals surface area contributed by atoms with Gasteiger partial charge >= 0.3 is 0 Å². The maximum Gasteiger partial charge on any atom is 0.0215 e. The first-order valence-electron chi connectivity index (χ1n) is 9.38. The largest absolute Gasteiger partial charge is 0.271 e. The van der Waals surface area contributed by atoms with Crippen LogP contribution in [0.3, 0.4) is 0 Å². The summed E-state index contributed by atoms with van der Waals surface area (Å²) in [6.45, 7) is 5.17. The predicted octanol–water partition coefficient (Wildman–Crippen LogP) is 4.40. The Labute approximate surface area is 130 Å². The van der Waals surface area contributed by atoms with Crippen molar-refractivity contribution in [1.82, 2.24) is 5.43 Å². The van der Waals surface area contributed by atoms with Gasteiger partial charge in [-0.25, -0.2) is 0 Å². The Morgan fingerprint density at radius 2 is 1.71 bits per heavy atom. The maximum atomic E-state index is 5.92. The number of hydrogen-bond acceptors (Lipinski definition) is 2. The van der Waals surface area contributed by atoms with E-state index in [-0.39, 0.29) is 0 Å². The molecule has 5 aliphatic rings. The third-order valence-electron chi connectivity index (χ3n) is 7.28. The molecule has 0 saturated heterocycles. The minimum atomic E-state index is 0.564. The highest BCUT2D eigenvalue weighted by Gasteiger charge is 2.60. The normalized spacial score (nSPS) is 49.6. The van der Waals surface area contributed by atoms with Crippen LogP contribution in [0.5, 0.6) is 0 Å². The third-order valence-corrected chi connectivity index (χ3v) is 7.28. The molecule has 3 atom stereocenters. The van der Waals surface area contributed by atoms with E-state index in [1.807, 2.05) is 0 Å². The first-order valence-corrected chi connectivity index (χ1v) is 9.38. The molecular formula is C19H34N2. The van der Waals surface area contributed by atoms with E-state index in [1.165, 1.54) is 70.6 Å². The Morgan fingerprint density at radius 1 is 1.05 bits per heavy atom. The van der Waals surface area contributed by atoms with Crippen molar-refractivity contribution in [3.8, 4) is 0 Å². The van der Waals surface area contributed by atoms with Crippen LogP contribution >= 0.6 is 0 Å². The van der Waals surface area contributed by atoms with Crippen LogP contribution in [0.2, 0.25) is 0 Å². The summed E-state index contributed by atoms with van der Waals surface area (Å²) in [5, 5.41) is 0. The highest BCUT2D eigenvalue weighted by molar-refractivity contribution is 5.10. The molecule has 5 aliphatic carbocycles. The molecule has 4 bridgehead atoms. The average molecular weight is 290 g/mol. The van der Waals surface area contributed by atoms with Crippen molar-refractivity contribution in [2.75, 3.05) is 0 Å². The summed E-state index contributed by atoms with van der Waals surface area (Å²) in [5.74, 6) is 7.97. The lowest BCUT2D eigenvalue weighted by Gasteiger charge is -2.66. The van der Waals surface area contributed by atoms with E-state index >= 15 is 0 Å². The van der Waals surface area contributed by atoms with Crippen LogP contribution in [0.1, 0.15) is 84.5 Å². The fourth-order valence-electron chi connectivity index (χ4n) is 7.52. The maximum absolute atomic E-state index is 5.92. The lowest BCUT2D eigenvalue weighted by Crippen LogP contribution is -2.56. The van der Waals surface area contributed by atoms with Crippen molar-refractivity contribution in [2.45, 2.75) is 90.5 Å². The van der Waals surface area contributed by atoms with Gasteiger partial charge in [0.15, 0.2) is 0 Å². The molecule has 2 nitrogen and oxygen atoms in total. The molecule has 3 N–H and O–H groups in total. The molecule has 0 aliphatic heterocycles. The van der Waals surface area contributed by atoms with E-state index in [0.717, 1.165) is 11.8 Å². The molecule has 0 heterocycles. The summed E-state index contributed by atoms with van der Waals surface area (Å²) in [5.41, 5.74) is 5.09. The molecule has 0 spiro atoms. The Kier molecular flexibility index (Phi) is 3.25. The second kappa shape index (κ2) is 4.71. The Balaban J connectivity index is 1.47. The predicted molar refractivity (Wildman–Crippen MR) is 87.5 cm³/mol. The van der Waals surface area contributed by atoms with Gasteiger partial charge in [-0.3, -0.25) is 11.3 Å². The Hall–Kier alpha value is -0.0800. The number of rotatable bonds is 6. The molecule has 21 heavy (non-hydrogen) atoms. The lowest BCUT2D eigenvalue weighted by molar-refractivity contribution is -0.150. The third kappa shape index (κ3) is 2.79. The van der Waals surface area contributed by atoms with Gasteiger partial charge in [-0.1, -0.05) is 26.7 Å². The van der Waals surface area contributed by atoms with E-state index in [1.54, 1.807) is 0 Å². The van der Waals surface area contributed by atoms with Crippen LogP contribution in [0, 0.1) is 28.1 Å². The summed E-state index contributed by atoms with van der Waals surface area (Å²) in [4.78, 5) is 0. The van der Waals surface area contributed by atoms with Crippen molar-refractivity contribution in [3.63, 3.8) is 0 Å². The standard InChI is InChI=1S/C19H34N2/c1-17-7-15-8-18(2,11-17)13-19(9-15,12-17)10-16(21-20)6-5-14-3-4-14/h14-16,21H,3-13,20H2,1-2H3. The van der Waals surface area contributed by atoms with Gasteiger partial charge in [0, 0.05) is 6.04 Å². The second-order valence-electron chi connectivity index (χ2n) is 10.2. The fourth-order valence-corrected chi connectivity index (χ4v) is 7.52. The van der Waals surface area contributed by atoms with Crippen LogP contribution in [0.15, 0.2) is 0 Å². The van der Waals surface area contributed by atoms with Crippen molar-refractivity contribution < 1.29 is 0 Å². The van der Waals surface area contributed by atoms with Crippen molar-refractivity contribution in [3.05, 3.63) is 0 Å². The molecular weight excluding hydrogens is 256 g/mol. The van der Waals surface area contributed by atoms with Gasteiger partial charge in [0.25, 0.3) is 0 Å². The van der Waals surface area contributed by atoms with Crippen molar-refractivity contribution in [2.24, 2.45) is 33.9 Å². The molecule has 3 unspecified atom stereocenters. The number of nitrogens with one attached hydrogen (secondary N) is 1. The zero-order valence-corrected chi connectivity index (χ0v) is 14.1. The molecule has 2 heteroatoms.